The molecule has 0 bridgehead atoms. The van der Waals surface area contributed by atoms with E-state index in [-0.39, 0.29) is 17.4 Å². The van der Waals surface area contributed by atoms with Gasteiger partial charge in [-0.2, -0.15) is 0 Å². The molecule has 1 fully saturated rings. The van der Waals surface area contributed by atoms with Crippen LogP contribution in [0.5, 0.6) is 17.2 Å². The third-order valence-electron chi connectivity index (χ3n) is 5.61. The molecule has 0 saturated carbocycles. The summed E-state index contributed by atoms with van der Waals surface area (Å²) in [6.45, 7) is 1.70. The van der Waals surface area contributed by atoms with E-state index in [1.165, 1.54) is 13.2 Å². The molecule has 0 aliphatic carbocycles. The van der Waals surface area contributed by atoms with Crippen LogP contribution in [0.25, 0.3) is 6.08 Å². The van der Waals surface area contributed by atoms with Crippen LogP contribution >= 0.6 is 27.7 Å². The minimum atomic E-state index is -0.592. The van der Waals surface area contributed by atoms with Crippen LogP contribution in [0.15, 0.2) is 76.1 Å². The fourth-order valence-electron chi connectivity index (χ4n) is 3.72. The Hall–Kier alpha value is -4.29. The maximum Gasteiger partial charge on any atom is 0.294 e. The third-order valence-corrected chi connectivity index (χ3v) is 7.20. The predicted octanol–water partition coefficient (Wildman–Crippen LogP) is 5.55. The van der Waals surface area contributed by atoms with Crippen molar-refractivity contribution in [2.24, 2.45) is 0 Å². The van der Waals surface area contributed by atoms with E-state index in [1.807, 2.05) is 25.1 Å². The quantitative estimate of drug-likeness (QED) is 0.262. The van der Waals surface area contributed by atoms with Crippen molar-refractivity contribution >= 4 is 68.1 Å². The molecule has 4 rings (SSSR count). The molecule has 212 valence electrons. The molecule has 1 aliphatic rings. The summed E-state index contributed by atoms with van der Waals surface area (Å²) in [5.41, 5.74) is 1.69. The smallest absolute Gasteiger partial charge is 0.294 e. The number of imide groups is 1. The molecule has 0 unspecified atom stereocenters. The van der Waals surface area contributed by atoms with Gasteiger partial charge >= 0.3 is 0 Å². The molecule has 3 aromatic carbocycles. The lowest BCUT2D eigenvalue weighted by Gasteiger charge is -2.13. The maximum atomic E-state index is 13.0. The molecule has 10 nitrogen and oxygen atoms in total. The second-order valence-electron chi connectivity index (χ2n) is 8.50. The molecule has 1 saturated heterocycles. The normalized spacial score (nSPS) is 13.7. The summed E-state index contributed by atoms with van der Waals surface area (Å²) < 4.78 is 17.0. The number of methoxy groups -OCH3 is 1. The zero-order chi connectivity index (χ0) is 29.4. The van der Waals surface area contributed by atoms with Crippen molar-refractivity contribution in [3.63, 3.8) is 0 Å². The Morgan fingerprint density at radius 3 is 2.29 bits per heavy atom. The van der Waals surface area contributed by atoms with Gasteiger partial charge in [0.05, 0.1) is 18.6 Å². The average Bonchev–Trinajstić information content (AvgIpc) is 3.22. The van der Waals surface area contributed by atoms with Crippen LogP contribution in [-0.4, -0.2) is 54.7 Å². The highest BCUT2D eigenvalue weighted by Gasteiger charge is 2.36. The van der Waals surface area contributed by atoms with Crippen LogP contribution in [0.1, 0.15) is 12.5 Å². The summed E-state index contributed by atoms with van der Waals surface area (Å²) in [6, 6.07) is 19.0. The molecule has 2 N–H and O–H groups in total. The van der Waals surface area contributed by atoms with Crippen molar-refractivity contribution in [1.29, 1.82) is 0 Å². The molecule has 0 radical (unpaired) electrons. The Morgan fingerprint density at radius 2 is 1.61 bits per heavy atom. The van der Waals surface area contributed by atoms with Crippen LogP contribution in [0, 0.1) is 0 Å². The first-order chi connectivity index (χ1) is 19.8. The second kappa shape index (κ2) is 13.9. The number of halogens is 1. The number of nitrogens with one attached hydrogen (secondary N) is 2. The summed E-state index contributed by atoms with van der Waals surface area (Å²) in [5, 5.41) is 4.85. The number of para-hydroxylation sites is 1. The standard InChI is InChI=1S/C29H26BrN3O7S/c1-3-39-21-11-9-20(10-12-21)31-26(34)16-33-28(36)25(41-29(33)37)14-18-13-23(38-2)24(15-22(18)30)40-17-27(35)32-19-7-5-4-6-8-19/h4-15H,3,16-17H2,1-2H3,(H,31,34)(H,32,35)/b25-14+. The molecule has 0 aromatic heterocycles. The Bertz CT molecular complexity index is 1480. The van der Waals surface area contributed by atoms with Crippen LogP contribution in [0.4, 0.5) is 16.2 Å². The van der Waals surface area contributed by atoms with E-state index in [1.54, 1.807) is 48.5 Å². The molecule has 0 spiro atoms. The van der Waals surface area contributed by atoms with Gasteiger partial charge in [-0.3, -0.25) is 24.1 Å². The predicted molar refractivity (Wildman–Crippen MR) is 160 cm³/mol. The summed E-state index contributed by atoms with van der Waals surface area (Å²) >= 11 is 4.18. The largest absolute Gasteiger partial charge is 0.494 e. The van der Waals surface area contributed by atoms with Crippen molar-refractivity contribution in [2.75, 3.05) is 37.5 Å². The monoisotopic (exact) mass is 639 g/mol. The van der Waals surface area contributed by atoms with E-state index in [2.05, 4.69) is 26.6 Å². The van der Waals surface area contributed by atoms with Crippen molar-refractivity contribution in [3.05, 3.63) is 81.7 Å². The van der Waals surface area contributed by atoms with Gasteiger partial charge in [-0.1, -0.05) is 34.1 Å². The van der Waals surface area contributed by atoms with Gasteiger partial charge in [0.2, 0.25) is 5.91 Å². The number of anilines is 2. The van der Waals surface area contributed by atoms with E-state index in [0.717, 1.165) is 16.7 Å². The van der Waals surface area contributed by atoms with E-state index >= 15 is 0 Å². The second-order valence-corrected chi connectivity index (χ2v) is 10.3. The zero-order valence-corrected chi connectivity index (χ0v) is 24.5. The Kier molecular flexibility index (Phi) is 10.0. The third kappa shape index (κ3) is 7.89. The minimum absolute atomic E-state index is 0.141. The Morgan fingerprint density at radius 1 is 0.927 bits per heavy atom. The van der Waals surface area contributed by atoms with Gasteiger partial charge in [0.25, 0.3) is 17.1 Å². The first-order valence-corrected chi connectivity index (χ1v) is 14.0. The van der Waals surface area contributed by atoms with E-state index < -0.39 is 23.6 Å². The molecule has 3 aromatic rings. The molecule has 1 aliphatic heterocycles. The van der Waals surface area contributed by atoms with Gasteiger partial charge in [-0.15, -0.1) is 0 Å². The van der Waals surface area contributed by atoms with Crippen molar-refractivity contribution < 1.29 is 33.4 Å². The topological polar surface area (TPSA) is 123 Å². The highest BCUT2D eigenvalue weighted by Crippen LogP contribution is 2.38. The van der Waals surface area contributed by atoms with Gasteiger partial charge in [-0.25, -0.2) is 0 Å². The number of carbonyl (C=O) groups is 4. The van der Waals surface area contributed by atoms with Gasteiger partial charge in [0.15, 0.2) is 18.1 Å². The fourth-order valence-corrected chi connectivity index (χ4v) is 4.98. The highest BCUT2D eigenvalue weighted by atomic mass is 79.9. The van der Waals surface area contributed by atoms with Gasteiger partial charge in [-0.05, 0) is 78.9 Å². The number of hydrogen-bond acceptors (Lipinski definition) is 8. The number of amides is 4. The van der Waals surface area contributed by atoms with Crippen LogP contribution in [0.3, 0.4) is 0 Å². The SMILES string of the molecule is CCOc1ccc(NC(=O)CN2C(=O)S/C(=C/c3cc(OC)c(OCC(=O)Nc4ccccc4)cc3Br)C2=O)cc1. The van der Waals surface area contributed by atoms with Gasteiger partial charge < -0.3 is 24.8 Å². The first-order valence-electron chi connectivity index (χ1n) is 12.4. The maximum absolute atomic E-state index is 13.0. The number of benzene rings is 3. The Labute approximate surface area is 249 Å². The molecule has 41 heavy (non-hydrogen) atoms. The lowest BCUT2D eigenvalue weighted by molar-refractivity contribution is -0.127. The summed E-state index contributed by atoms with van der Waals surface area (Å²) in [5.74, 6) is -0.167. The number of hydrogen-bond donors (Lipinski definition) is 2. The van der Waals surface area contributed by atoms with Gasteiger partial charge in [0, 0.05) is 15.8 Å². The van der Waals surface area contributed by atoms with Crippen LogP contribution < -0.4 is 24.8 Å². The van der Waals surface area contributed by atoms with Crippen molar-refractivity contribution in [1.82, 2.24) is 4.90 Å². The highest BCUT2D eigenvalue weighted by molar-refractivity contribution is 9.10. The Balaban J connectivity index is 1.40. The molecule has 12 heteroatoms. The lowest BCUT2D eigenvalue weighted by atomic mass is 10.2. The van der Waals surface area contributed by atoms with Crippen LogP contribution in [0.2, 0.25) is 0 Å². The fraction of sp³-hybridized carbons (Fsp3) is 0.172. The molecule has 4 amide bonds. The first kappa shape index (κ1) is 29.7. The molecular weight excluding hydrogens is 614 g/mol. The van der Waals surface area contributed by atoms with E-state index in [4.69, 9.17) is 14.2 Å². The summed E-state index contributed by atoms with van der Waals surface area (Å²) in [4.78, 5) is 51.4. The number of thioether (sulfide) groups is 1. The average molecular weight is 641 g/mol. The molecule has 0 atom stereocenters. The number of nitrogens with zero attached hydrogens (tertiary/aromatic N) is 1. The van der Waals surface area contributed by atoms with Crippen molar-refractivity contribution in [2.45, 2.75) is 6.92 Å². The van der Waals surface area contributed by atoms with E-state index in [0.29, 0.717) is 45.3 Å². The van der Waals surface area contributed by atoms with Crippen molar-refractivity contribution in [3.8, 4) is 17.2 Å². The summed E-state index contributed by atoms with van der Waals surface area (Å²) in [6.07, 6.45) is 1.52. The lowest BCUT2D eigenvalue weighted by Crippen LogP contribution is -2.36. The number of carbonyl (C=O) groups excluding carboxylic acids is 4. The van der Waals surface area contributed by atoms with Crippen LogP contribution in [-0.2, 0) is 14.4 Å². The van der Waals surface area contributed by atoms with E-state index in [9.17, 15) is 19.2 Å². The van der Waals surface area contributed by atoms with Gasteiger partial charge in [0.1, 0.15) is 12.3 Å². The number of ether oxygens (including phenoxy) is 3. The molecular formula is C29H26BrN3O7S. The summed E-state index contributed by atoms with van der Waals surface area (Å²) in [7, 11) is 1.45. The zero-order valence-electron chi connectivity index (χ0n) is 22.1. The number of rotatable bonds is 11. The minimum Gasteiger partial charge on any atom is -0.494 e. The molecule has 1 heterocycles.